The predicted octanol–water partition coefficient (Wildman–Crippen LogP) is 1.44. The Hall–Kier alpha value is -2.24. The van der Waals surface area contributed by atoms with Gasteiger partial charge in [-0.15, -0.1) is 0 Å². The van der Waals surface area contributed by atoms with Crippen molar-refractivity contribution in [2.24, 2.45) is 0 Å². The standard InChI is InChI=1S/C11H11NO5/c1-17-11(14)9(6-7-13)8-4-2-3-5-10(8)12(15)16/h2-5,7,9H,6H2,1H3. The molecule has 0 bridgehead atoms. The third-order valence-corrected chi connectivity index (χ3v) is 2.33. The maximum Gasteiger partial charge on any atom is 0.313 e. The summed E-state index contributed by atoms with van der Waals surface area (Å²) in [7, 11) is 1.18. The molecule has 1 atom stereocenters. The summed E-state index contributed by atoms with van der Waals surface area (Å²) in [5.74, 6) is -1.59. The third-order valence-electron chi connectivity index (χ3n) is 2.33. The highest BCUT2D eigenvalue weighted by Gasteiger charge is 2.27. The molecule has 1 aromatic rings. The molecule has 0 N–H and O–H groups in total. The van der Waals surface area contributed by atoms with E-state index in [4.69, 9.17) is 0 Å². The Labute approximate surface area is 97.3 Å². The number of methoxy groups -OCH3 is 1. The van der Waals surface area contributed by atoms with Crippen molar-refractivity contribution in [3.63, 3.8) is 0 Å². The van der Waals surface area contributed by atoms with Crippen molar-refractivity contribution >= 4 is 17.9 Å². The molecule has 0 fully saturated rings. The molecule has 17 heavy (non-hydrogen) atoms. The van der Waals surface area contributed by atoms with Gasteiger partial charge >= 0.3 is 5.97 Å². The van der Waals surface area contributed by atoms with Crippen LogP contribution in [-0.2, 0) is 14.3 Å². The van der Waals surface area contributed by atoms with E-state index >= 15 is 0 Å². The number of para-hydroxylation sites is 1. The summed E-state index contributed by atoms with van der Waals surface area (Å²) in [6.07, 6.45) is 0.399. The molecule has 0 aliphatic heterocycles. The van der Waals surface area contributed by atoms with Crippen LogP contribution in [0.3, 0.4) is 0 Å². The number of nitro groups is 1. The molecule has 0 radical (unpaired) electrons. The minimum absolute atomic E-state index is 0.141. The molecule has 0 spiro atoms. The zero-order valence-corrected chi connectivity index (χ0v) is 9.16. The molecule has 1 unspecified atom stereocenters. The topological polar surface area (TPSA) is 86.5 Å². The van der Waals surface area contributed by atoms with E-state index in [-0.39, 0.29) is 17.7 Å². The lowest BCUT2D eigenvalue weighted by atomic mass is 9.95. The number of nitro benzene ring substituents is 1. The van der Waals surface area contributed by atoms with E-state index in [9.17, 15) is 19.7 Å². The maximum absolute atomic E-state index is 11.5. The second-order valence-electron chi connectivity index (χ2n) is 3.29. The lowest BCUT2D eigenvalue weighted by Crippen LogP contribution is -2.16. The number of hydrogen-bond donors (Lipinski definition) is 0. The summed E-state index contributed by atoms with van der Waals surface area (Å²) >= 11 is 0. The molecule has 0 amide bonds. The molecule has 0 aromatic heterocycles. The maximum atomic E-state index is 11.5. The summed E-state index contributed by atoms with van der Waals surface area (Å²) in [5, 5.41) is 10.8. The van der Waals surface area contributed by atoms with E-state index in [2.05, 4.69) is 4.74 Å². The van der Waals surface area contributed by atoms with Gasteiger partial charge in [-0.2, -0.15) is 0 Å². The van der Waals surface area contributed by atoms with Crippen molar-refractivity contribution < 1.29 is 19.2 Å². The Bertz CT molecular complexity index is 443. The number of nitrogens with zero attached hydrogens (tertiary/aromatic N) is 1. The van der Waals surface area contributed by atoms with Crippen LogP contribution in [0, 0.1) is 10.1 Å². The molecule has 0 aliphatic rings. The van der Waals surface area contributed by atoms with E-state index in [1.807, 2.05) is 0 Å². The molecule has 1 aromatic carbocycles. The van der Waals surface area contributed by atoms with Crippen LogP contribution in [0.1, 0.15) is 17.9 Å². The van der Waals surface area contributed by atoms with Crippen LogP contribution in [0.2, 0.25) is 0 Å². The van der Waals surface area contributed by atoms with Gasteiger partial charge < -0.3 is 9.53 Å². The number of hydrogen-bond acceptors (Lipinski definition) is 5. The van der Waals surface area contributed by atoms with Gasteiger partial charge in [0.15, 0.2) is 0 Å². The molecule has 90 valence electrons. The number of esters is 1. The van der Waals surface area contributed by atoms with Crippen LogP contribution < -0.4 is 0 Å². The number of benzene rings is 1. The summed E-state index contributed by atoms with van der Waals surface area (Å²) in [4.78, 5) is 32.2. The second-order valence-corrected chi connectivity index (χ2v) is 3.29. The number of carbonyl (C=O) groups is 2. The lowest BCUT2D eigenvalue weighted by Gasteiger charge is -2.11. The monoisotopic (exact) mass is 237 g/mol. The largest absolute Gasteiger partial charge is 0.469 e. The molecule has 6 heteroatoms. The molecule has 1 rings (SSSR count). The van der Waals surface area contributed by atoms with Gasteiger partial charge in [0.25, 0.3) is 5.69 Å². The zero-order chi connectivity index (χ0) is 12.8. The summed E-state index contributed by atoms with van der Waals surface area (Å²) in [5.41, 5.74) is 0.00111. The summed E-state index contributed by atoms with van der Waals surface area (Å²) in [6.45, 7) is 0. The molecular weight excluding hydrogens is 226 g/mol. The fraction of sp³-hybridized carbons (Fsp3) is 0.273. The van der Waals surface area contributed by atoms with Crippen LogP contribution in [-0.4, -0.2) is 24.3 Å². The highest BCUT2D eigenvalue weighted by Crippen LogP contribution is 2.29. The Morgan fingerprint density at radius 1 is 1.53 bits per heavy atom. The van der Waals surface area contributed by atoms with Gasteiger partial charge in [0, 0.05) is 18.1 Å². The first kappa shape index (κ1) is 12.8. The van der Waals surface area contributed by atoms with Crippen molar-refractivity contribution in [1.29, 1.82) is 0 Å². The van der Waals surface area contributed by atoms with E-state index in [1.165, 1.54) is 25.3 Å². The van der Waals surface area contributed by atoms with Crippen molar-refractivity contribution in [3.8, 4) is 0 Å². The van der Waals surface area contributed by atoms with Crippen LogP contribution in [0.25, 0.3) is 0 Å². The summed E-state index contributed by atoms with van der Waals surface area (Å²) < 4.78 is 4.53. The molecule has 0 aliphatic carbocycles. The first-order valence-electron chi connectivity index (χ1n) is 4.86. The van der Waals surface area contributed by atoms with Crippen LogP contribution >= 0.6 is 0 Å². The third kappa shape index (κ3) is 2.87. The molecule has 0 saturated heterocycles. The Morgan fingerprint density at radius 3 is 2.71 bits per heavy atom. The first-order chi connectivity index (χ1) is 8.11. The second kappa shape index (κ2) is 5.74. The van der Waals surface area contributed by atoms with E-state index in [0.717, 1.165) is 0 Å². The van der Waals surface area contributed by atoms with Gasteiger partial charge in [0.05, 0.1) is 18.0 Å². The number of rotatable bonds is 5. The quantitative estimate of drug-likeness (QED) is 0.334. The van der Waals surface area contributed by atoms with Gasteiger partial charge in [-0.25, -0.2) is 0 Å². The Balaban J connectivity index is 3.22. The average Bonchev–Trinajstić information content (AvgIpc) is 2.35. The first-order valence-corrected chi connectivity index (χ1v) is 4.86. The lowest BCUT2D eigenvalue weighted by molar-refractivity contribution is -0.385. The SMILES string of the molecule is COC(=O)C(CC=O)c1ccccc1[N+](=O)[O-]. The van der Waals surface area contributed by atoms with Gasteiger partial charge in [0.1, 0.15) is 6.29 Å². The molecule has 6 nitrogen and oxygen atoms in total. The summed E-state index contributed by atoms with van der Waals surface area (Å²) in [6, 6.07) is 5.80. The zero-order valence-electron chi connectivity index (χ0n) is 9.16. The number of aldehydes is 1. The van der Waals surface area contributed by atoms with E-state index in [1.54, 1.807) is 6.07 Å². The molecule has 0 saturated carbocycles. The molecular formula is C11H11NO5. The van der Waals surface area contributed by atoms with Crippen molar-refractivity contribution in [3.05, 3.63) is 39.9 Å². The molecule has 0 heterocycles. The van der Waals surface area contributed by atoms with Crippen LogP contribution in [0.4, 0.5) is 5.69 Å². The van der Waals surface area contributed by atoms with E-state index in [0.29, 0.717) is 6.29 Å². The van der Waals surface area contributed by atoms with Gasteiger partial charge in [-0.3, -0.25) is 14.9 Å². The average molecular weight is 237 g/mol. The minimum atomic E-state index is -0.931. The normalized spacial score (nSPS) is 11.6. The van der Waals surface area contributed by atoms with Gasteiger partial charge in [-0.05, 0) is 0 Å². The number of carbonyl (C=O) groups excluding carboxylic acids is 2. The number of ether oxygens (including phenoxy) is 1. The van der Waals surface area contributed by atoms with Crippen molar-refractivity contribution in [1.82, 2.24) is 0 Å². The fourth-order valence-electron chi connectivity index (χ4n) is 1.54. The van der Waals surface area contributed by atoms with E-state index < -0.39 is 16.8 Å². The fourth-order valence-corrected chi connectivity index (χ4v) is 1.54. The smallest absolute Gasteiger partial charge is 0.313 e. The Morgan fingerprint density at radius 2 is 2.18 bits per heavy atom. The van der Waals surface area contributed by atoms with Gasteiger partial charge in [-0.1, -0.05) is 18.2 Å². The Kier molecular flexibility index (Phi) is 4.33. The highest BCUT2D eigenvalue weighted by molar-refractivity contribution is 5.82. The van der Waals surface area contributed by atoms with Gasteiger partial charge in [0.2, 0.25) is 0 Å². The van der Waals surface area contributed by atoms with Crippen LogP contribution in [0.15, 0.2) is 24.3 Å². The predicted molar refractivity (Wildman–Crippen MR) is 58.5 cm³/mol. The van der Waals surface area contributed by atoms with Crippen molar-refractivity contribution in [2.75, 3.05) is 7.11 Å². The van der Waals surface area contributed by atoms with Crippen molar-refractivity contribution in [2.45, 2.75) is 12.3 Å². The van der Waals surface area contributed by atoms with Crippen LogP contribution in [0.5, 0.6) is 0 Å². The highest BCUT2D eigenvalue weighted by atomic mass is 16.6. The minimum Gasteiger partial charge on any atom is -0.469 e.